The van der Waals surface area contributed by atoms with Crippen molar-refractivity contribution in [3.05, 3.63) is 90.5 Å². The highest BCUT2D eigenvalue weighted by molar-refractivity contribution is 5.88. The Balaban J connectivity index is 1.58. The Labute approximate surface area is 135 Å². The quantitative estimate of drug-likeness (QED) is 0.515. The average Bonchev–Trinajstić information content (AvgIpc) is 3.05. The van der Waals surface area contributed by atoms with E-state index in [0.29, 0.717) is 0 Å². The number of fused-ring (bicyclic) bond motifs is 1. The molecule has 4 rings (SSSR count). The smallest absolute Gasteiger partial charge is 0.0464 e. The van der Waals surface area contributed by atoms with Crippen LogP contribution in [-0.2, 0) is 6.54 Å². The Hall–Kier alpha value is -3.00. The van der Waals surface area contributed by atoms with Crippen LogP contribution in [0.3, 0.4) is 0 Å². The van der Waals surface area contributed by atoms with Crippen molar-refractivity contribution in [3.8, 4) is 11.3 Å². The third kappa shape index (κ3) is 2.97. The predicted molar refractivity (Wildman–Crippen MR) is 97.5 cm³/mol. The molecule has 0 atom stereocenters. The first kappa shape index (κ1) is 13.6. The van der Waals surface area contributed by atoms with Crippen molar-refractivity contribution >= 4 is 16.6 Å². The van der Waals surface area contributed by atoms with Crippen LogP contribution >= 0.6 is 0 Å². The molecule has 0 spiro atoms. The number of aromatic nitrogens is 1. The second-order valence-corrected chi connectivity index (χ2v) is 5.69. The van der Waals surface area contributed by atoms with Crippen molar-refractivity contribution in [1.29, 1.82) is 0 Å². The van der Waals surface area contributed by atoms with Crippen molar-refractivity contribution in [2.45, 2.75) is 6.54 Å². The lowest BCUT2D eigenvalue weighted by Gasteiger charge is -2.06. The lowest BCUT2D eigenvalue weighted by molar-refractivity contribution is 1.15. The van der Waals surface area contributed by atoms with Gasteiger partial charge in [-0.15, -0.1) is 0 Å². The number of benzene rings is 3. The Morgan fingerprint density at radius 2 is 1.48 bits per heavy atom. The van der Waals surface area contributed by atoms with E-state index in [9.17, 15) is 0 Å². The van der Waals surface area contributed by atoms with Crippen LogP contribution in [0, 0.1) is 0 Å². The van der Waals surface area contributed by atoms with Gasteiger partial charge in [0.1, 0.15) is 0 Å². The maximum Gasteiger partial charge on any atom is 0.0464 e. The zero-order chi connectivity index (χ0) is 15.5. The standard InChI is InChI=1S/C21H18N2/c1-3-7-16(8-4-1)15-22-19-11-12-20-18(13-19)14-21(23-20)17-9-5-2-6-10-17/h1-14,22-23H,15H2. The van der Waals surface area contributed by atoms with E-state index in [-0.39, 0.29) is 0 Å². The van der Waals surface area contributed by atoms with Crippen LogP contribution in [-0.4, -0.2) is 4.98 Å². The third-order valence-corrected chi connectivity index (χ3v) is 4.04. The molecule has 23 heavy (non-hydrogen) atoms. The van der Waals surface area contributed by atoms with Crippen LogP contribution < -0.4 is 5.32 Å². The van der Waals surface area contributed by atoms with Crippen LogP contribution in [0.15, 0.2) is 84.9 Å². The number of hydrogen-bond acceptors (Lipinski definition) is 1. The Morgan fingerprint density at radius 1 is 0.739 bits per heavy atom. The minimum Gasteiger partial charge on any atom is -0.381 e. The number of nitrogens with one attached hydrogen (secondary N) is 2. The monoisotopic (exact) mass is 298 g/mol. The van der Waals surface area contributed by atoms with Crippen molar-refractivity contribution in [3.63, 3.8) is 0 Å². The summed E-state index contributed by atoms with van der Waals surface area (Å²) >= 11 is 0. The zero-order valence-electron chi connectivity index (χ0n) is 12.8. The minimum atomic E-state index is 0.836. The largest absolute Gasteiger partial charge is 0.381 e. The summed E-state index contributed by atoms with van der Waals surface area (Å²) in [6, 6.07) is 29.5. The molecule has 0 amide bonds. The van der Waals surface area contributed by atoms with E-state index < -0.39 is 0 Å². The Kier molecular flexibility index (Phi) is 3.57. The molecular formula is C21H18N2. The van der Waals surface area contributed by atoms with E-state index >= 15 is 0 Å². The summed E-state index contributed by atoms with van der Waals surface area (Å²) in [6.45, 7) is 0.836. The summed E-state index contributed by atoms with van der Waals surface area (Å²) in [5.74, 6) is 0. The van der Waals surface area contributed by atoms with Gasteiger partial charge in [0, 0.05) is 28.8 Å². The maximum absolute atomic E-state index is 3.49. The van der Waals surface area contributed by atoms with E-state index in [1.165, 1.54) is 16.5 Å². The molecule has 0 saturated carbocycles. The van der Waals surface area contributed by atoms with Crippen LogP contribution in [0.5, 0.6) is 0 Å². The maximum atomic E-state index is 3.49. The number of hydrogen-bond donors (Lipinski definition) is 2. The molecule has 112 valence electrons. The van der Waals surface area contributed by atoms with Crippen molar-refractivity contribution in [2.75, 3.05) is 5.32 Å². The van der Waals surface area contributed by atoms with Crippen LogP contribution in [0.25, 0.3) is 22.2 Å². The fourth-order valence-electron chi connectivity index (χ4n) is 2.82. The molecule has 0 radical (unpaired) electrons. The Bertz CT molecular complexity index is 908. The molecule has 3 aromatic carbocycles. The van der Waals surface area contributed by atoms with Gasteiger partial charge in [0.05, 0.1) is 0 Å². The Morgan fingerprint density at radius 3 is 2.26 bits per heavy atom. The van der Waals surface area contributed by atoms with Gasteiger partial charge in [-0.3, -0.25) is 0 Å². The second-order valence-electron chi connectivity index (χ2n) is 5.69. The molecule has 0 unspecified atom stereocenters. The fourth-order valence-corrected chi connectivity index (χ4v) is 2.82. The van der Waals surface area contributed by atoms with Gasteiger partial charge in [0.15, 0.2) is 0 Å². The second kappa shape index (κ2) is 6.01. The van der Waals surface area contributed by atoms with Gasteiger partial charge in [0.2, 0.25) is 0 Å². The fraction of sp³-hybridized carbons (Fsp3) is 0.0476. The molecule has 2 N–H and O–H groups in total. The molecule has 0 aliphatic rings. The molecule has 2 heteroatoms. The normalized spacial score (nSPS) is 10.8. The van der Waals surface area contributed by atoms with Crippen LogP contribution in [0.4, 0.5) is 5.69 Å². The van der Waals surface area contributed by atoms with Gasteiger partial charge < -0.3 is 10.3 Å². The molecule has 0 aliphatic carbocycles. The SMILES string of the molecule is c1ccc(CNc2ccc3[nH]c(-c4ccccc4)cc3c2)cc1. The molecule has 0 aliphatic heterocycles. The number of aromatic amines is 1. The number of H-pyrrole nitrogens is 1. The van der Waals surface area contributed by atoms with Crippen molar-refractivity contribution in [1.82, 2.24) is 4.98 Å². The minimum absolute atomic E-state index is 0.836. The highest BCUT2D eigenvalue weighted by Crippen LogP contribution is 2.26. The van der Waals surface area contributed by atoms with Gasteiger partial charge in [-0.1, -0.05) is 60.7 Å². The first-order valence-electron chi connectivity index (χ1n) is 7.84. The van der Waals surface area contributed by atoms with E-state index in [0.717, 1.165) is 23.4 Å². The molecule has 0 fully saturated rings. The lowest BCUT2D eigenvalue weighted by Crippen LogP contribution is -1.98. The molecular weight excluding hydrogens is 280 g/mol. The summed E-state index contributed by atoms with van der Waals surface area (Å²) in [6.07, 6.45) is 0. The third-order valence-electron chi connectivity index (χ3n) is 4.04. The van der Waals surface area contributed by atoms with E-state index in [2.05, 4.69) is 83.1 Å². The van der Waals surface area contributed by atoms with Gasteiger partial charge in [-0.2, -0.15) is 0 Å². The van der Waals surface area contributed by atoms with Crippen molar-refractivity contribution < 1.29 is 0 Å². The summed E-state index contributed by atoms with van der Waals surface area (Å²) in [7, 11) is 0. The molecule has 2 nitrogen and oxygen atoms in total. The highest BCUT2D eigenvalue weighted by atomic mass is 14.9. The molecule has 0 saturated heterocycles. The van der Waals surface area contributed by atoms with Gasteiger partial charge in [-0.05, 0) is 35.4 Å². The summed E-state index contributed by atoms with van der Waals surface area (Å²) < 4.78 is 0. The van der Waals surface area contributed by atoms with Crippen LogP contribution in [0.1, 0.15) is 5.56 Å². The number of anilines is 1. The summed E-state index contributed by atoms with van der Waals surface area (Å²) in [5, 5.41) is 4.71. The van der Waals surface area contributed by atoms with Gasteiger partial charge in [-0.25, -0.2) is 0 Å². The lowest BCUT2D eigenvalue weighted by atomic mass is 10.1. The predicted octanol–water partition coefficient (Wildman–Crippen LogP) is 5.45. The summed E-state index contributed by atoms with van der Waals surface area (Å²) in [5.41, 5.74) is 5.95. The first-order valence-corrected chi connectivity index (χ1v) is 7.84. The molecule has 1 aromatic heterocycles. The van der Waals surface area contributed by atoms with Crippen LogP contribution in [0.2, 0.25) is 0 Å². The highest BCUT2D eigenvalue weighted by Gasteiger charge is 2.04. The molecule has 0 bridgehead atoms. The van der Waals surface area contributed by atoms with Crippen molar-refractivity contribution in [2.24, 2.45) is 0 Å². The molecule has 1 heterocycles. The van der Waals surface area contributed by atoms with E-state index in [1.807, 2.05) is 12.1 Å². The van der Waals surface area contributed by atoms with Gasteiger partial charge in [0.25, 0.3) is 0 Å². The zero-order valence-corrected chi connectivity index (χ0v) is 12.8. The topological polar surface area (TPSA) is 27.8 Å². The summed E-state index contributed by atoms with van der Waals surface area (Å²) in [4.78, 5) is 3.49. The average molecular weight is 298 g/mol. The van der Waals surface area contributed by atoms with Gasteiger partial charge >= 0.3 is 0 Å². The molecule has 4 aromatic rings. The van der Waals surface area contributed by atoms with E-state index in [4.69, 9.17) is 0 Å². The first-order chi connectivity index (χ1) is 11.4. The van der Waals surface area contributed by atoms with E-state index in [1.54, 1.807) is 0 Å². The number of rotatable bonds is 4.